The van der Waals surface area contributed by atoms with Crippen molar-refractivity contribution in [3.63, 3.8) is 0 Å². The van der Waals surface area contributed by atoms with Gasteiger partial charge in [-0.3, -0.25) is 24.0 Å². The van der Waals surface area contributed by atoms with Gasteiger partial charge in [-0.2, -0.15) is 0 Å². The van der Waals surface area contributed by atoms with Crippen molar-refractivity contribution in [2.45, 2.75) is 44.3 Å². The molecule has 4 N–H and O–H groups in total. The third kappa shape index (κ3) is 8.42. The number of pyridine rings is 1. The van der Waals surface area contributed by atoms with Crippen molar-refractivity contribution >= 4 is 51.0 Å². The van der Waals surface area contributed by atoms with Crippen molar-refractivity contribution in [1.29, 1.82) is 0 Å². The number of hydrogen-bond acceptors (Lipinski definition) is 6. The summed E-state index contributed by atoms with van der Waals surface area (Å²) in [5.74, 6) is -3.78. The zero-order chi connectivity index (χ0) is 31.8. The first-order chi connectivity index (χ1) is 21.8. The lowest BCUT2D eigenvalue weighted by atomic mass is 9.89. The molecule has 2 aromatic carbocycles. The molecule has 4 aromatic rings. The highest BCUT2D eigenvalue weighted by molar-refractivity contribution is 9.10. The Morgan fingerprint density at radius 3 is 2.33 bits per heavy atom. The summed E-state index contributed by atoms with van der Waals surface area (Å²) in [7, 11) is 0. The highest BCUT2D eigenvalue weighted by atomic mass is 79.9. The van der Waals surface area contributed by atoms with Crippen LogP contribution >= 0.6 is 15.9 Å². The van der Waals surface area contributed by atoms with E-state index in [1.54, 1.807) is 28.9 Å². The summed E-state index contributed by atoms with van der Waals surface area (Å²) in [6.45, 7) is 0.654. The number of carbonyl (C=O) groups is 5. The SMILES string of the molecule is O=C(NCc1ccccc1)C(=O)C(C[C@@H]1CCCNC1=O)NC(=O)[C@H](Cc1ccccc1)NC(=O)c1cn2cc(Br)ccc2n1. The lowest BCUT2D eigenvalue weighted by Crippen LogP contribution is -2.55. The lowest BCUT2D eigenvalue weighted by molar-refractivity contribution is -0.141. The average Bonchev–Trinajstić information content (AvgIpc) is 3.48. The minimum atomic E-state index is -1.29. The van der Waals surface area contributed by atoms with Gasteiger partial charge in [0.1, 0.15) is 17.4 Å². The van der Waals surface area contributed by atoms with Crippen molar-refractivity contribution in [2.75, 3.05) is 6.54 Å². The van der Waals surface area contributed by atoms with Gasteiger partial charge in [0.05, 0.1) is 6.04 Å². The molecule has 0 saturated carbocycles. The van der Waals surface area contributed by atoms with Crippen LogP contribution in [0.3, 0.4) is 0 Å². The Morgan fingerprint density at radius 1 is 0.911 bits per heavy atom. The summed E-state index contributed by atoms with van der Waals surface area (Å²) < 4.78 is 2.49. The molecule has 232 valence electrons. The number of hydrogen-bond donors (Lipinski definition) is 4. The van der Waals surface area contributed by atoms with Crippen LogP contribution in [0.2, 0.25) is 0 Å². The van der Waals surface area contributed by atoms with Crippen LogP contribution in [0.4, 0.5) is 0 Å². The molecule has 1 fully saturated rings. The highest BCUT2D eigenvalue weighted by Crippen LogP contribution is 2.19. The fraction of sp³-hybridized carbons (Fsp3) is 0.273. The summed E-state index contributed by atoms with van der Waals surface area (Å²) >= 11 is 3.40. The van der Waals surface area contributed by atoms with Crippen LogP contribution in [-0.4, -0.2) is 57.4 Å². The van der Waals surface area contributed by atoms with Crippen LogP contribution in [0.15, 0.2) is 89.7 Å². The van der Waals surface area contributed by atoms with Crippen LogP contribution in [0.1, 0.15) is 40.9 Å². The van der Waals surface area contributed by atoms with Crippen molar-refractivity contribution < 1.29 is 24.0 Å². The second-order valence-corrected chi connectivity index (χ2v) is 11.8. The average molecular weight is 674 g/mol. The van der Waals surface area contributed by atoms with E-state index in [1.807, 2.05) is 60.7 Å². The second-order valence-electron chi connectivity index (χ2n) is 10.9. The van der Waals surface area contributed by atoms with E-state index >= 15 is 0 Å². The summed E-state index contributed by atoms with van der Waals surface area (Å²) in [6.07, 6.45) is 4.61. The van der Waals surface area contributed by atoms with Gasteiger partial charge in [0.15, 0.2) is 0 Å². The van der Waals surface area contributed by atoms with Crippen molar-refractivity contribution in [3.8, 4) is 0 Å². The van der Waals surface area contributed by atoms with E-state index in [4.69, 9.17) is 0 Å². The van der Waals surface area contributed by atoms with E-state index in [2.05, 4.69) is 42.2 Å². The largest absolute Gasteiger partial charge is 0.356 e. The Bertz CT molecular complexity index is 1690. The van der Waals surface area contributed by atoms with Gasteiger partial charge >= 0.3 is 0 Å². The fourth-order valence-electron chi connectivity index (χ4n) is 5.24. The van der Waals surface area contributed by atoms with Gasteiger partial charge in [0.25, 0.3) is 11.8 Å². The summed E-state index contributed by atoms with van der Waals surface area (Å²) in [5, 5.41) is 10.9. The molecule has 0 radical (unpaired) electrons. The number of nitrogens with one attached hydrogen (secondary N) is 4. The molecule has 1 unspecified atom stereocenters. The number of Topliss-reactive ketones (excluding diaryl/α,β-unsaturated/α-hetero) is 1. The number of piperidine rings is 1. The molecule has 1 saturated heterocycles. The third-order valence-electron chi connectivity index (χ3n) is 7.62. The minimum absolute atomic E-state index is 0.0531. The van der Waals surface area contributed by atoms with Crippen LogP contribution in [0.25, 0.3) is 5.65 Å². The number of rotatable bonds is 12. The maximum atomic E-state index is 13.8. The summed E-state index contributed by atoms with van der Waals surface area (Å²) in [4.78, 5) is 70.6. The summed E-state index contributed by atoms with van der Waals surface area (Å²) in [6, 6.07) is 19.4. The number of ketones is 1. The van der Waals surface area contributed by atoms with Crippen molar-refractivity contribution in [1.82, 2.24) is 30.7 Å². The van der Waals surface area contributed by atoms with Gasteiger partial charge in [0, 0.05) is 42.3 Å². The number of fused-ring (bicyclic) bond motifs is 1. The second kappa shape index (κ2) is 14.8. The molecule has 11 nitrogen and oxygen atoms in total. The quantitative estimate of drug-likeness (QED) is 0.170. The first-order valence-electron chi connectivity index (χ1n) is 14.7. The number of aromatic nitrogens is 2. The standard InChI is InChI=1S/C33H33BrN6O5/c34-24-13-14-28-37-27(20-40(28)19-24)32(44)39-26(16-21-8-3-1-4-9-21)31(43)38-25(17-23-12-7-15-35-30(23)42)29(41)33(45)36-18-22-10-5-2-6-11-22/h1-6,8-11,13-14,19-20,23,25-26H,7,12,15-18H2,(H,35,42)(H,36,45)(H,38,43)(H,39,44)/t23-,25?,26-/m0/s1. The van der Waals surface area contributed by atoms with Gasteiger partial charge in [0.2, 0.25) is 17.6 Å². The van der Waals surface area contributed by atoms with Crippen LogP contribution < -0.4 is 21.3 Å². The lowest BCUT2D eigenvalue weighted by Gasteiger charge is -2.27. The molecular weight excluding hydrogens is 640 g/mol. The predicted molar refractivity (Wildman–Crippen MR) is 170 cm³/mol. The molecule has 1 aliphatic rings. The Morgan fingerprint density at radius 2 is 1.62 bits per heavy atom. The van der Waals surface area contributed by atoms with Gasteiger partial charge in [-0.1, -0.05) is 60.7 Å². The van der Waals surface area contributed by atoms with E-state index in [0.717, 1.165) is 15.6 Å². The van der Waals surface area contributed by atoms with Crippen molar-refractivity contribution in [2.24, 2.45) is 5.92 Å². The van der Waals surface area contributed by atoms with E-state index in [-0.39, 0.29) is 31.0 Å². The molecule has 4 amide bonds. The number of halogens is 1. The topological polar surface area (TPSA) is 151 Å². The zero-order valence-electron chi connectivity index (χ0n) is 24.4. The third-order valence-corrected chi connectivity index (χ3v) is 8.09. The predicted octanol–water partition coefficient (Wildman–Crippen LogP) is 2.72. The smallest absolute Gasteiger partial charge is 0.289 e. The van der Waals surface area contributed by atoms with E-state index < -0.39 is 41.5 Å². The van der Waals surface area contributed by atoms with E-state index in [9.17, 15) is 24.0 Å². The van der Waals surface area contributed by atoms with E-state index in [0.29, 0.717) is 25.0 Å². The Hall–Kier alpha value is -4.84. The monoisotopic (exact) mass is 672 g/mol. The molecule has 3 heterocycles. The molecule has 3 atom stereocenters. The molecule has 0 aliphatic carbocycles. The number of benzene rings is 2. The number of carbonyl (C=O) groups excluding carboxylic acids is 5. The van der Waals surface area contributed by atoms with Gasteiger partial charge in [-0.25, -0.2) is 4.98 Å². The van der Waals surface area contributed by atoms with Crippen LogP contribution in [0.5, 0.6) is 0 Å². The molecule has 45 heavy (non-hydrogen) atoms. The Balaban J connectivity index is 1.36. The van der Waals surface area contributed by atoms with Gasteiger partial charge < -0.3 is 25.7 Å². The van der Waals surface area contributed by atoms with Gasteiger partial charge in [-0.05, 0) is 58.5 Å². The molecule has 12 heteroatoms. The number of amides is 4. The zero-order valence-corrected chi connectivity index (χ0v) is 26.0. The molecule has 2 aromatic heterocycles. The van der Waals surface area contributed by atoms with E-state index in [1.165, 1.54) is 0 Å². The maximum absolute atomic E-state index is 13.8. The Labute approximate surface area is 268 Å². The first kappa shape index (κ1) is 31.6. The van der Waals surface area contributed by atoms with Crippen LogP contribution in [0, 0.1) is 5.92 Å². The highest BCUT2D eigenvalue weighted by Gasteiger charge is 2.35. The minimum Gasteiger partial charge on any atom is -0.356 e. The van der Waals surface area contributed by atoms with Crippen LogP contribution in [-0.2, 0) is 32.1 Å². The molecular formula is C33H33BrN6O5. The molecule has 0 spiro atoms. The number of nitrogens with zero attached hydrogens (tertiary/aromatic N) is 2. The van der Waals surface area contributed by atoms with Gasteiger partial charge in [-0.15, -0.1) is 0 Å². The molecule has 5 rings (SSSR count). The summed E-state index contributed by atoms with van der Waals surface area (Å²) in [5.41, 5.74) is 2.22. The maximum Gasteiger partial charge on any atom is 0.289 e. The first-order valence-corrected chi connectivity index (χ1v) is 15.5. The Kier molecular flexibility index (Phi) is 10.4. The normalized spacial score (nSPS) is 15.8. The molecule has 1 aliphatic heterocycles. The van der Waals surface area contributed by atoms with Crippen molar-refractivity contribution in [3.05, 3.63) is 106 Å². The molecule has 0 bridgehead atoms. The number of imidazole rings is 1. The fourth-order valence-corrected chi connectivity index (χ4v) is 5.59.